The van der Waals surface area contributed by atoms with Crippen molar-refractivity contribution >= 4 is 5.52 Å². The molecule has 0 aliphatic heterocycles. The first-order chi connectivity index (χ1) is 6.83. The van der Waals surface area contributed by atoms with Gasteiger partial charge in [-0.1, -0.05) is 13.3 Å². The van der Waals surface area contributed by atoms with Crippen LogP contribution in [0.2, 0.25) is 0 Å². The van der Waals surface area contributed by atoms with Gasteiger partial charge in [0.2, 0.25) is 0 Å². The minimum atomic E-state index is 0.0402. The molecule has 4 heteroatoms. The summed E-state index contributed by atoms with van der Waals surface area (Å²) in [4.78, 5) is 11.8. The molecule has 4 nitrogen and oxygen atoms in total. The second kappa shape index (κ2) is 3.65. The standard InChI is InChI=1S/C10H13N3O/c1-2-3-6-12-8-11-13-7-4-5-9(13)10(12)14/h4-5,7-8H,2-3,6H2,1H3. The van der Waals surface area contributed by atoms with Crippen molar-refractivity contribution in [1.29, 1.82) is 0 Å². The van der Waals surface area contributed by atoms with Gasteiger partial charge < -0.3 is 0 Å². The van der Waals surface area contributed by atoms with Gasteiger partial charge in [-0.15, -0.1) is 0 Å². The maximum atomic E-state index is 11.8. The summed E-state index contributed by atoms with van der Waals surface area (Å²) in [6, 6.07) is 3.62. The quantitative estimate of drug-likeness (QED) is 0.733. The van der Waals surface area contributed by atoms with Crippen molar-refractivity contribution in [1.82, 2.24) is 14.2 Å². The fraction of sp³-hybridized carbons (Fsp3) is 0.400. The first kappa shape index (κ1) is 8.99. The topological polar surface area (TPSA) is 39.3 Å². The van der Waals surface area contributed by atoms with Gasteiger partial charge >= 0.3 is 0 Å². The van der Waals surface area contributed by atoms with Gasteiger partial charge in [0.15, 0.2) is 0 Å². The van der Waals surface area contributed by atoms with Gasteiger partial charge in [-0.3, -0.25) is 9.36 Å². The van der Waals surface area contributed by atoms with Crippen LogP contribution in [0.25, 0.3) is 5.52 Å². The highest BCUT2D eigenvalue weighted by Gasteiger charge is 2.01. The van der Waals surface area contributed by atoms with Crippen LogP contribution in [0.3, 0.4) is 0 Å². The second-order valence-electron chi connectivity index (χ2n) is 3.32. The predicted octanol–water partition coefficient (Wildman–Crippen LogP) is 1.30. The molecule has 2 aromatic rings. The minimum Gasteiger partial charge on any atom is -0.296 e. The lowest BCUT2D eigenvalue weighted by atomic mass is 10.3. The normalized spacial score (nSPS) is 10.9. The Morgan fingerprint density at radius 3 is 3.14 bits per heavy atom. The zero-order valence-corrected chi connectivity index (χ0v) is 8.18. The van der Waals surface area contributed by atoms with Gasteiger partial charge in [-0.2, -0.15) is 5.10 Å². The molecule has 2 aromatic heterocycles. The van der Waals surface area contributed by atoms with Crippen LogP contribution in [-0.4, -0.2) is 14.2 Å². The summed E-state index contributed by atoms with van der Waals surface area (Å²) < 4.78 is 3.27. The highest BCUT2D eigenvalue weighted by atomic mass is 16.1. The number of aryl methyl sites for hydroxylation is 1. The molecule has 14 heavy (non-hydrogen) atoms. The minimum absolute atomic E-state index is 0.0402. The summed E-state index contributed by atoms with van der Waals surface area (Å²) in [5.41, 5.74) is 0.682. The number of rotatable bonds is 3. The van der Waals surface area contributed by atoms with E-state index >= 15 is 0 Å². The second-order valence-corrected chi connectivity index (χ2v) is 3.32. The van der Waals surface area contributed by atoms with Crippen molar-refractivity contribution in [2.24, 2.45) is 0 Å². The van der Waals surface area contributed by atoms with E-state index in [0.29, 0.717) is 5.52 Å². The van der Waals surface area contributed by atoms with E-state index < -0.39 is 0 Å². The van der Waals surface area contributed by atoms with Crippen LogP contribution in [0.1, 0.15) is 19.8 Å². The first-order valence-corrected chi connectivity index (χ1v) is 4.85. The number of unbranched alkanes of at least 4 members (excludes halogenated alkanes) is 1. The molecule has 0 aliphatic rings. The number of aromatic nitrogens is 3. The predicted molar refractivity (Wildman–Crippen MR) is 54.4 cm³/mol. The molecule has 0 aromatic carbocycles. The maximum absolute atomic E-state index is 11.8. The van der Waals surface area contributed by atoms with E-state index in [1.807, 2.05) is 6.07 Å². The summed E-state index contributed by atoms with van der Waals surface area (Å²) in [5.74, 6) is 0. The molecule has 0 spiro atoms. The molecule has 0 bridgehead atoms. The van der Waals surface area contributed by atoms with Gasteiger partial charge in [0, 0.05) is 12.7 Å². The van der Waals surface area contributed by atoms with Gasteiger partial charge in [-0.05, 0) is 18.6 Å². The Bertz CT molecular complexity index is 483. The molecule has 0 atom stereocenters. The Morgan fingerprint density at radius 2 is 2.36 bits per heavy atom. The summed E-state index contributed by atoms with van der Waals surface area (Å²) in [5, 5.41) is 4.13. The molecule has 0 unspecified atom stereocenters. The third kappa shape index (κ3) is 1.43. The van der Waals surface area contributed by atoms with Crippen molar-refractivity contribution in [3.63, 3.8) is 0 Å². The highest BCUT2D eigenvalue weighted by molar-refractivity contribution is 5.43. The molecular weight excluding hydrogens is 178 g/mol. The monoisotopic (exact) mass is 191 g/mol. The molecule has 0 radical (unpaired) electrons. The average molecular weight is 191 g/mol. The number of hydrogen-bond acceptors (Lipinski definition) is 2. The van der Waals surface area contributed by atoms with E-state index in [4.69, 9.17) is 0 Å². The SMILES string of the molecule is CCCCn1cnn2cccc2c1=O. The van der Waals surface area contributed by atoms with E-state index in [0.717, 1.165) is 19.4 Å². The Kier molecular flexibility index (Phi) is 2.35. The summed E-state index contributed by atoms with van der Waals surface area (Å²) in [7, 11) is 0. The molecule has 2 heterocycles. The van der Waals surface area contributed by atoms with E-state index in [9.17, 15) is 4.79 Å². The zero-order chi connectivity index (χ0) is 9.97. The van der Waals surface area contributed by atoms with Crippen LogP contribution in [0.4, 0.5) is 0 Å². The molecule has 0 saturated carbocycles. The number of fused-ring (bicyclic) bond motifs is 1. The molecule has 2 rings (SSSR count). The summed E-state index contributed by atoms with van der Waals surface area (Å²) >= 11 is 0. The number of hydrogen-bond donors (Lipinski definition) is 0. The van der Waals surface area contributed by atoms with E-state index in [-0.39, 0.29) is 5.56 Å². The molecule has 0 aliphatic carbocycles. The lowest BCUT2D eigenvalue weighted by Gasteiger charge is -2.03. The lowest BCUT2D eigenvalue weighted by Crippen LogP contribution is -2.22. The molecule has 74 valence electrons. The van der Waals surface area contributed by atoms with Crippen molar-refractivity contribution in [3.05, 3.63) is 35.0 Å². The van der Waals surface area contributed by atoms with Crippen LogP contribution in [0.15, 0.2) is 29.5 Å². The van der Waals surface area contributed by atoms with Crippen LogP contribution < -0.4 is 5.56 Å². The van der Waals surface area contributed by atoms with Crippen molar-refractivity contribution in [2.45, 2.75) is 26.3 Å². The molecular formula is C10H13N3O. The van der Waals surface area contributed by atoms with Gasteiger partial charge in [0.05, 0.1) is 0 Å². The molecule has 0 amide bonds. The molecule has 0 saturated heterocycles. The van der Waals surface area contributed by atoms with Crippen LogP contribution in [0.5, 0.6) is 0 Å². The van der Waals surface area contributed by atoms with Crippen LogP contribution >= 0.6 is 0 Å². The zero-order valence-electron chi connectivity index (χ0n) is 8.18. The average Bonchev–Trinajstić information content (AvgIpc) is 2.66. The Balaban J connectivity index is 2.46. The lowest BCUT2D eigenvalue weighted by molar-refractivity contribution is 0.593. The third-order valence-corrected chi connectivity index (χ3v) is 2.28. The fourth-order valence-electron chi connectivity index (χ4n) is 1.45. The largest absolute Gasteiger partial charge is 0.296 e. The van der Waals surface area contributed by atoms with Gasteiger partial charge in [-0.25, -0.2) is 4.52 Å². The molecule has 0 fully saturated rings. The Labute approximate surface area is 81.8 Å². The molecule has 0 N–H and O–H groups in total. The summed E-state index contributed by atoms with van der Waals surface area (Å²) in [6.45, 7) is 2.86. The van der Waals surface area contributed by atoms with Crippen molar-refractivity contribution in [2.75, 3.05) is 0 Å². The highest BCUT2D eigenvalue weighted by Crippen LogP contribution is 1.96. The smallest absolute Gasteiger partial charge is 0.277 e. The van der Waals surface area contributed by atoms with E-state index in [2.05, 4.69) is 12.0 Å². The van der Waals surface area contributed by atoms with Gasteiger partial charge in [0.1, 0.15) is 11.8 Å². The van der Waals surface area contributed by atoms with Gasteiger partial charge in [0.25, 0.3) is 5.56 Å². The van der Waals surface area contributed by atoms with E-state index in [1.54, 1.807) is 27.7 Å². The van der Waals surface area contributed by atoms with Crippen LogP contribution in [0, 0.1) is 0 Å². The summed E-state index contributed by atoms with van der Waals surface area (Å²) in [6.07, 6.45) is 5.48. The Morgan fingerprint density at radius 1 is 1.50 bits per heavy atom. The van der Waals surface area contributed by atoms with Crippen molar-refractivity contribution < 1.29 is 0 Å². The van der Waals surface area contributed by atoms with E-state index in [1.165, 1.54) is 0 Å². The van der Waals surface area contributed by atoms with Crippen molar-refractivity contribution in [3.8, 4) is 0 Å². The maximum Gasteiger partial charge on any atom is 0.277 e. The number of nitrogens with zero attached hydrogens (tertiary/aromatic N) is 3. The Hall–Kier alpha value is -1.58. The van der Waals surface area contributed by atoms with Crippen LogP contribution in [-0.2, 0) is 6.54 Å². The third-order valence-electron chi connectivity index (χ3n) is 2.28. The first-order valence-electron chi connectivity index (χ1n) is 4.85. The fourth-order valence-corrected chi connectivity index (χ4v) is 1.45.